The van der Waals surface area contributed by atoms with Crippen LogP contribution in [0.1, 0.15) is 0 Å². The van der Waals surface area contributed by atoms with E-state index in [1.165, 1.54) is 45.5 Å². The fraction of sp³-hybridized carbons (Fsp3) is 0. The van der Waals surface area contributed by atoms with Gasteiger partial charge in [-0.3, -0.25) is 0 Å². The summed E-state index contributed by atoms with van der Waals surface area (Å²) in [6.07, 6.45) is 0. The van der Waals surface area contributed by atoms with Crippen LogP contribution in [0.5, 0.6) is 0 Å². The monoisotopic (exact) mass is 726 g/mol. The van der Waals surface area contributed by atoms with Gasteiger partial charge in [-0.15, -0.1) is 9.13 Å². The van der Waals surface area contributed by atoms with Crippen molar-refractivity contribution in [2.45, 2.75) is 9.79 Å². The molecular weight excluding hydrogens is 709 g/mol. The van der Waals surface area contributed by atoms with Gasteiger partial charge in [0.2, 0.25) is 11.0 Å². The minimum absolute atomic E-state index is 0.190. The molecule has 0 aliphatic carbocycles. The van der Waals surface area contributed by atoms with Crippen molar-refractivity contribution in [3.8, 4) is 11.6 Å². The van der Waals surface area contributed by atoms with Gasteiger partial charge in [-0.05, 0) is 90.8 Å². The van der Waals surface area contributed by atoms with Crippen LogP contribution in [0.15, 0.2) is 104 Å². The molecule has 14 nitrogen and oxygen atoms in total. The maximum Gasteiger partial charge on any atom is 0.347 e. The van der Waals surface area contributed by atoms with Crippen molar-refractivity contribution >= 4 is 107 Å². The van der Waals surface area contributed by atoms with Crippen molar-refractivity contribution in [1.82, 2.24) is 9.97 Å². The van der Waals surface area contributed by atoms with E-state index in [4.69, 9.17) is 21.8 Å². The molecule has 0 aromatic heterocycles. The summed E-state index contributed by atoms with van der Waals surface area (Å²) < 4.78 is 60.7. The van der Waals surface area contributed by atoms with E-state index in [9.17, 15) is 26.4 Å². The third-order valence-electron chi connectivity index (χ3n) is 10.3. The molecule has 11 rings (SSSR count). The minimum Gasteiger partial charge on any atom is -0.240 e. The van der Waals surface area contributed by atoms with Gasteiger partial charge in [-0.25, -0.2) is 9.59 Å². The largest absolute Gasteiger partial charge is 0.347 e. The number of fused-ring (bicyclic) bond motifs is 10. The van der Waals surface area contributed by atoms with Gasteiger partial charge in [-0.2, -0.15) is 37.2 Å². The average Bonchev–Trinajstić information content (AvgIpc) is 3.74. The summed E-state index contributed by atoms with van der Waals surface area (Å²) in [6.45, 7) is 0. The molecule has 4 heterocycles. The normalized spacial score (nSPS) is 13.4. The van der Waals surface area contributed by atoms with Gasteiger partial charge in [0.15, 0.2) is 11.0 Å². The van der Waals surface area contributed by atoms with Crippen LogP contribution < -0.4 is 32.0 Å². The Hall–Kier alpha value is -6.14. The number of nitrogens with two attached hydrogens (primary N) is 2. The lowest BCUT2D eigenvalue weighted by molar-refractivity contribution is -0.580. The highest BCUT2D eigenvalue weighted by molar-refractivity contribution is 7.87. The molecule has 52 heavy (non-hydrogen) atoms. The third kappa shape index (κ3) is 3.40. The Morgan fingerprint density at radius 2 is 0.865 bits per heavy atom. The number of rotatable bonds is 4. The first-order valence-electron chi connectivity index (χ1n) is 15.6. The molecule has 4 N–H and O–H groups in total. The zero-order valence-corrected chi connectivity index (χ0v) is 27.7. The zero-order valence-electron chi connectivity index (χ0n) is 26.1. The lowest BCUT2D eigenvalue weighted by Crippen LogP contribution is -2.47. The SMILES string of the molecule is NOS(=O)(=O)c1ccc2c(c1)nc1c3ccc4c5ccc6c7nc8ccc(S(=O)(=O)ON)cc8[n+]-7c(=O)c7ccc(c8ccc(c(=O)[n+]2-1)c3c48)c5c67. The summed E-state index contributed by atoms with van der Waals surface area (Å²) in [5.41, 5.74) is 0.747. The highest BCUT2D eigenvalue weighted by Crippen LogP contribution is 2.45. The van der Waals surface area contributed by atoms with Crippen LogP contribution in [-0.2, 0) is 28.8 Å². The predicted molar refractivity (Wildman–Crippen MR) is 190 cm³/mol. The van der Waals surface area contributed by atoms with Crippen LogP contribution in [0.4, 0.5) is 0 Å². The van der Waals surface area contributed by atoms with Crippen LogP contribution in [0.2, 0.25) is 0 Å². The van der Waals surface area contributed by atoms with Gasteiger partial charge in [0.1, 0.15) is 9.79 Å². The number of aromatic nitrogens is 4. The molecule has 0 amide bonds. The van der Waals surface area contributed by atoms with E-state index in [2.05, 4.69) is 8.57 Å². The summed E-state index contributed by atoms with van der Waals surface area (Å²) in [4.78, 5) is 37.5. The molecule has 0 atom stereocenters. The number of hydrogen-bond donors (Lipinski definition) is 2. The number of nitrogens with zero attached hydrogens (tertiary/aromatic N) is 4. The molecular formula is C36H18N6O8S2+2. The lowest BCUT2D eigenvalue weighted by atomic mass is 9.86. The van der Waals surface area contributed by atoms with Crippen molar-refractivity contribution in [3.05, 3.63) is 106 Å². The summed E-state index contributed by atoms with van der Waals surface area (Å²) in [6, 6.07) is 23.4. The second-order valence-corrected chi connectivity index (χ2v) is 15.8. The van der Waals surface area contributed by atoms with Crippen molar-refractivity contribution in [2.75, 3.05) is 0 Å². The van der Waals surface area contributed by atoms with Crippen molar-refractivity contribution in [1.29, 1.82) is 0 Å². The van der Waals surface area contributed by atoms with Gasteiger partial charge >= 0.3 is 43.0 Å². The molecule has 7 aromatic rings. The highest BCUT2D eigenvalue weighted by atomic mass is 32.2. The van der Waals surface area contributed by atoms with Crippen LogP contribution >= 0.6 is 0 Å². The average molecular weight is 727 g/mol. The Morgan fingerprint density at radius 3 is 1.38 bits per heavy atom. The summed E-state index contributed by atoms with van der Waals surface area (Å²) in [5, 5.41) is 8.85. The zero-order chi connectivity index (χ0) is 35.6. The van der Waals surface area contributed by atoms with Crippen LogP contribution in [0, 0.1) is 0 Å². The maximum atomic E-state index is 14.2. The highest BCUT2D eigenvalue weighted by Gasteiger charge is 2.34. The second kappa shape index (κ2) is 9.39. The number of imidazole rings is 2. The fourth-order valence-electron chi connectivity index (χ4n) is 8.17. The smallest absolute Gasteiger partial charge is 0.240 e. The van der Waals surface area contributed by atoms with Gasteiger partial charge in [0.05, 0.1) is 21.5 Å². The van der Waals surface area contributed by atoms with Crippen LogP contribution in [0.3, 0.4) is 0 Å². The van der Waals surface area contributed by atoms with Gasteiger partial charge in [0, 0.05) is 22.9 Å². The molecule has 4 aliphatic heterocycles. The Kier molecular flexibility index (Phi) is 5.34. The van der Waals surface area contributed by atoms with E-state index >= 15 is 0 Å². The summed E-state index contributed by atoms with van der Waals surface area (Å²) in [5.74, 6) is 10.8. The van der Waals surface area contributed by atoms with E-state index < -0.39 is 20.2 Å². The topological polar surface area (TPSA) is 206 Å². The van der Waals surface area contributed by atoms with E-state index in [-0.39, 0.29) is 26.4 Å². The van der Waals surface area contributed by atoms with Crippen molar-refractivity contribution in [2.24, 2.45) is 11.8 Å². The first kappa shape index (κ1) is 29.6. The van der Waals surface area contributed by atoms with Crippen molar-refractivity contribution in [3.63, 3.8) is 0 Å². The first-order valence-corrected chi connectivity index (χ1v) is 18.5. The van der Waals surface area contributed by atoms with Gasteiger partial charge in [-0.1, -0.05) is 24.3 Å². The molecule has 7 aromatic carbocycles. The number of pyridine rings is 2. The Morgan fingerprint density at radius 1 is 0.462 bits per heavy atom. The molecule has 0 saturated carbocycles. The third-order valence-corrected chi connectivity index (χ3v) is 12.5. The minimum atomic E-state index is -4.24. The second-order valence-electron chi connectivity index (χ2n) is 12.7. The van der Waals surface area contributed by atoms with E-state index in [1.807, 2.05) is 36.4 Å². The molecule has 16 heteroatoms. The molecule has 0 spiro atoms. The Labute approximate surface area is 289 Å². The van der Waals surface area contributed by atoms with Gasteiger partial charge < -0.3 is 0 Å². The maximum absolute atomic E-state index is 14.2. The fourth-order valence-corrected chi connectivity index (χ4v) is 9.37. The molecule has 0 radical (unpaired) electrons. The van der Waals surface area contributed by atoms with E-state index in [0.29, 0.717) is 60.5 Å². The quantitative estimate of drug-likeness (QED) is 0.116. The number of benzene rings is 7. The summed E-state index contributed by atoms with van der Waals surface area (Å²) >= 11 is 0. The van der Waals surface area contributed by atoms with E-state index in [1.54, 1.807) is 12.1 Å². The first-order chi connectivity index (χ1) is 25.0. The molecule has 0 fully saturated rings. The standard InChI is InChI=1S/C36H18N6O8S2/c37-49-51(45,46)15-2-12-27-26(13-15)40-34-22-8-4-18-17-3-7-21-31-24(36(44)42-28-14-16(52(47,48)50-38)1-11-25(28)39-33(21)42)10-6-20(29(17)31)19-5-9-23(32(22)30(18)19)35(43)41(27)34/h1-14H,37-38H2/q+2. The summed E-state index contributed by atoms with van der Waals surface area (Å²) in [7, 11) is -8.44. The molecule has 0 bridgehead atoms. The molecule has 4 aliphatic rings. The van der Waals surface area contributed by atoms with Crippen LogP contribution in [0.25, 0.3) is 98.3 Å². The Balaban J connectivity index is 1.26. The molecule has 250 valence electrons. The van der Waals surface area contributed by atoms with Crippen LogP contribution in [-0.4, -0.2) is 26.8 Å². The number of hydrogen-bond acceptors (Lipinski definition) is 12. The van der Waals surface area contributed by atoms with E-state index in [0.717, 1.165) is 32.3 Å². The van der Waals surface area contributed by atoms with Crippen molar-refractivity contribution < 1.29 is 34.5 Å². The molecule has 0 saturated heterocycles. The van der Waals surface area contributed by atoms with Gasteiger partial charge in [0.25, 0.3) is 0 Å². The molecule has 0 unspecified atom stereocenters. The Bertz CT molecular complexity index is 3650. The lowest BCUT2D eigenvalue weighted by Gasteiger charge is -2.17. The predicted octanol–water partition coefficient (Wildman–Crippen LogP) is 2.76.